The molecule has 0 aromatic heterocycles. The minimum atomic E-state index is 0.351. The maximum absolute atomic E-state index is 5.73. The third-order valence-corrected chi connectivity index (χ3v) is 1.99. The Hall–Kier alpha value is -0.300. The van der Waals surface area contributed by atoms with Gasteiger partial charge in [0.15, 0.2) is 0 Å². The van der Waals surface area contributed by atoms with Crippen LogP contribution in [0.5, 0.6) is 0 Å². The van der Waals surface area contributed by atoms with Gasteiger partial charge in [-0.3, -0.25) is 4.99 Å². The van der Waals surface area contributed by atoms with E-state index in [-0.39, 0.29) is 0 Å². The van der Waals surface area contributed by atoms with Crippen molar-refractivity contribution in [3.05, 3.63) is 11.1 Å². The fourth-order valence-corrected chi connectivity index (χ4v) is 0.492. The molecule has 11 heavy (non-hydrogen) atoms. The standard InChI is InChI=1S/C9H16ClN/c1-5-9(10)6-11-8(4)7(2)3/h5-8H,1-4H3/b9-5+,11-6-. The van der Waals surface area contributed by atoms with E-state index in [4.69, 9.17) is 11.6 Å². The first kappa shape index (κ1) is 10.7. The van der Waals surface area contributed by atoms with Crippen LogP contribution < -0.4 is 0 Å². The molecule has 0 rings (SSSR count). The molecule has 0 aromatic carbocycles. The summed E-state index contributed by atoms with van der Waals surface area (Å²) in [6.07, 6.45) is 3.55. The average Bonchev–Trinajstić information content (AvgIpc) is 1.99. The summed E-state index contributed by atoms with van der Waals surface area (Å²) in [5.41, 5.74) is 0. The second kappa shape index (κ2) is 5.36. The number of nitrogens with zero attached hydrogens (tertiary/aromatic N) is 1. The highest BCUT2D eigenvalue weighted by Gasteiger charge is 2.02. The molecule has 0 bridgehead atoms. The van der Waals surface area contributed by atoms with Gasteiger partial charge in [0.2, 0.25) is 0 Å². The van der Waals surface area contributed by atoms with E-state index in [0.29, 0.717) is 17.0 Å². The van der Waals surface area contributed by atoms with Crippen LogP contribution in [0.3, 0.4) is 0 Å². The molecule has 1 unspecified atom stereocenters. The van der Waals surface area contributed by atoms with Gasteiger partial charge in [-0.15, -0.1) is 0 Å². The zero-order valence-electron chi connectivity index (χ0n) is 7.63. The van der Waals surface area contributed by atoms with E-state index in [1.54, 1.807) is 6.21 Å². The van der Waals surface area contributed by atoms with Crippen LogP contribution in [-0.4, -0.2) is 12.3 Å². The van der Waals surface area contributed by atoms with E-state index in [1.165, 1.54) is 0 Å². The number of aliphatic imine (C=N–C) groups is 1. The minimum absolute atomic E-state index is 0.351. The van der Waals surface area contributed by atoms with Gasteiger partial charge < -0.3 is 0 Å². The largest absolute Gasteiger partial charge is 0.288 e. The van der Waals surface area contributed by atoms with Crippen molar-refractivity contribution >= 4 is 17.8 Å². The van der Waals surface area contributed by atoms with Crippen molar-refractivity contribution in [2.24, 2.45) is 10.9 Å². The van der Waals surface area contributed by atoms with Crippen molar-refractivity contribution in [3.63, 3.8) is 0 Å². The Morgan fingerprint density at radius 3 is 2.27 bits per heavy atom. The van der Waals surface area contributed by atoms with Crippen LogP contribution >= 0.6 is 11.6 Å². The molecule has 0 saturated carbocycles. The van der Waals surface area contributed by atoms with Gasteiger partial charge in [-0.2, -0.15) is 0 Å². The van der Waals surface area contributed by atoms with Gasteiger partial charge in [-0.1, -0.05) is 31.5 Å². The first-order chi connectivity index (χ1) is 5.07. The third kappa shape index (κ3) is 5.02. The SMILES string of the molecule is C/C=C(Cl)\C=N/C(C)C(C)C. The molecule has 1 atom stereocenters. The van der Waals surface area contributed by atoms with Crippen LogP contribution in [0.2, 0.25) is 0 Å². The molecule has 0 saturated heterocycles. The Morgan fingerprint density at radius 1 is 1.36 bits per heavy atom. The van der Waals surface area contributed by atoms with Gasteiger partial charge in [-0.25, -0.2) is 0 Å². The molecule has 0 N–H and O–H groups in total. The van der Waals surface area contributed by atoms with Gasteiger partial charge in [0, 0.05) is 12.3 Å². The second-order valence-corrected chi connectivity index (χ2v) is 3.37. The molecular weight excluding hydrogens is 158 g/mol. The molecule has 64 valence electrons. The summed E-state index contributed by atoms with van der Waals surface area (Å²) in [5.74, 6) is 0.576. The quantitative estimate of drug-likeness (QED) is 0.581. The highest BCUT2D eigenvalue weighted by molar-refractivity contribution is 6.39. The van der Waals surface area contributed by atoms with Crippen LogP contribution in [0.4, 0.5) is 0 Å². The Morgan fingerprint density at radius 2 is 1.91 bits per heavy atom. The van der Waals surface area contributed by atoms with Gasteiger partial charge in [0.05, 0.1) is 5.03 Å². The van der Waals surface area contributed by atoms with Crippen LogP contribution in [0, 0.1) is 5.92 Å². The van der Waals surface area contributed by atoms with Crippen molar-refractivity contribution < 1.29 is 0 Å². The lowest BCUT2D eigenvalue weighted by Gasteiger charge is -2.08. The predicted octanol–water partition coefficient (Wildman–Crippen LogP) is 3.24. The Bertz CT molecular complexity index is 159. The van der Waals surface area contributed by atoms with Gasteiger partial charge in [0.25, 0.3) is 0 Å². The maximum atomic E-state index is 5.73. The van der Waals surface area contributed by atoms with Crippen LogP contribution in [0.25, 0.3) is 0 Å². The molecule has 0 fully saturated rings. The van der Waals surface area contributed by atoms with Gasteiger partial charge >= 0.3 is 0 Å². The third-order valence-electron chi connectivity index (χ3n) is 1.67. The normalized spacial score (nSPS) is 16.4. The number of halogens is 1. The van der Waals surface area contributed by atoms with Crippen LogP contribution in [0.15, 0.2) is 16.1 Å². The van der Waals surface area contributed by atoms with Gasteiger partial charge in [0.1, 0.15) is 0 Å². The highest BCUT2D eigenvalue weighted by Crippen LogP contribution is 2.05. The molecule has 2 heteroatoms. The van der Waals surface area contributed by atoms with E-state index >= 15 is 0 Å². The van der Waals surface area contributed by atoms with Crippen molar-refractivity contribution in [1.82, 2.24) is 0 Å². The summed E-state index contributed by atoms with van der Waals surface area (Å²) in [6, 6.07) is 0.351. The molecule has 0 radical (unpaired) electrons. The molecule has 0 aliphatic carbocycles. The lowest BCUT2D eigenvalue weighted by atomic mass is 10.1. The number of hydrogen-bond donors (Lipinski definition) is 0. The summed E-state index contributed by atoms with van der Waals surface area (Å²) >= 11 is 5.73. The van der Waals surface area contributed by atoms with Crippen LogP contribution in [0.1, 0.15) is 27.7 Å². The van der Waals surface area contributed by atoms with Crippen molar-refractivity contribution in [2.45, 2.75) is 33.7 Å². The zero-order valence-corrected chi connectivity index (χ0v) is 8.39. The van der Waals surface area contributed by atoms with E-state index in [1.807, 2.05) is 13.0 Å². The molecule has 0 aliphatic heterocycles. The summed E-state index contributed by atoms with van der Waals surface area (Å²) in [5, 5.41) is 0.706. The molecule has 0 spiro atoms. The number of rotatable bonds is 3. The highest BCUT2D eigenvalue weighted by atomic mass is 35.5. The summed E-state index contributed by atoms with van der Waals surface area (Å²) in [4.78, 5) is 4.27. The first-order valence-corrected chi connectivity index (χ1v) is 4.30. The van der Waals surface area contributed by atoms with Crippen LogP contribution in [-0.2, 0) is 0 Å². The number of hydrogen-bond acceptors (Lipinski definition) is 1. The van der Waals surface area contributed by atoms with E-state index in [9.17, 15) is 0 Å². The first-order valence-electron chi connectivity index (χ1n) is 3.93. The summed E-state index contributed by atoms with van der Waals surface area (Å²) in [7, 11) is 0. The molecular formula is C9H16ClN. The fourth-order valence-electron chi connectivity index (χ4n) is 0.435. The number of allylic oxidation sites excluding steroid dienone is 2. The van der Waals surface area contributed by atoms with Crippen molar-refractivity contribution in [1.29, 1.82) is 0 Å². The topological polar surface area (TPSA) is 12.4 Å². The average molecular weight is 174 g/mol. The van der Waals surface area contributed by atoms with Gasteiger partial charge in [-0.05, 0) is 19.8 Å². The fraction of sp³-hybridized carbons (Fsp3) is 0.667. The Balaban J connectivity index is 3.93. The molecule has 0 aliphatic rings. The van der Waals surface area contributed by atoms with E-state index in [0.717, 1.165) is 0 Å². The maximum Gasteiger partial charge on any atom is 0.0541 e. The predicted molar refractivity (Wildman–Crippen MR) is 52.4 cm³/mol. The van der Waals surface area contributed by atoms with E-state index in [2.05, 4.69) is 25.8 Å². The molecule has 0 aromatic rings. The molecule has 1 nitrogen and oxygen atoms in total. The molecule has 0 amide bonds. The monoisotopic (exact) mass is 173 g/mol. The Labute approximate surface area is 74.2 Å². The second-order valence-electron chi connectivity index (χ2n) is 2.94. The van der Waals surface area contributed by atoms with Crippen molar-refractivity contribution in [3.8, 4) is 0 Å². The lowest BCUT2D eigenvalue weighted by Crippen LogP contribution is -2.07. The van der Waals surface area contributed by atoms with E-state index < -0.39 is 0 Å². The summed E-state index contributed by atoms with van der Waals surface area (Å²) < 4.78 is 0. The minimum Gasteiger partial charge on any atom is -0.288 e. The zero-order chi connectivity index (χ0) is 8.85. The Kier molecular flexibility index (Phi) is 5.22. The molecule has 0 heterocycles. The van der Waals surface area contributed by atoms with Crippen molar-refractivity contribution in [2.75, 3.05) is 0 Å². The smallest absolute Gasteiger partial charge is 0.0541 e. The lowest BCUT2D eigenvalue weighted by molar-refractivity contribution is 0.533. The summed E-state index contributed by atoms with van der Waals surface area (Å²) in [6.45, 7) is 8.27.